The molecular weight excluding hydrogens is 356 g/mol. The third-order valence-electron chi connectivity index (χ3n) is 4.36. The van der Waals surface area contributed by atoms with E-state index >= 15 is 0 Å². The number of rotatable bonds is 6. The van der Waals surface area contributed by atoms with E-state index in [1.165, 1.54) is 12.1 Å². The number of anilines is 1. The summed E-state index contributed by atoms with van der Waals surface area (Å²) < 4.78 is 0. The summed E-state index contributed by atoms with van der Waals surface area (Å²) in [4.78, 5) is 22.6. The summed E-state index contributed by atoms with van der Waals surface area (Å²) in [6, 6.07) is 19.4. The van der Waals surface area contributed by atoms with Crippen LogP contribution in [0.5, 0.6) is 0 Å². The van der Waals surface area contributed by atoms with E-state index in [-0.39, 0.29) is 11.6 Å². The number of hydrazone groups is 1. The first kappa shape index (κ1) is 19.0. The van der Waals surface area contributed by atoms with Crippen molar-refractivity contribution in [2.24, 2.45) is 5.10 Å². The number of non-ortho nitro benzene ring substituents is 1. The fraction of sp³-hybridized carbons (Fsp3) is 0.143. The van der Waals surface area contributed by atoms with Crippen molar-refractivity contribution in [3.63, 3.8) is 0 Å². The first-order valence-corrected chi connectivity index (χ1v) is 8.78. The maximum absolute atomic E-state index is 12.3. The lowest BCUT2D eigenvalue weighted by molar-refractivity contribution is -0.384. The molecule has 28 heavy (non-hydrogen) atoms. The average Bonchev–Trinajstić information content (AvgIpc) is 2.71. The van der Waals surface area contributed by atoms with Crippen LogP contribution in [-0.2, 0) is 4.79 Å². The number of nitrogens with zero attached hydrogens (tertiary/aromatic N) is 2. The fourth-order valence-corrected chi connectivity index (χ4v) is 2.72. The third-order valence-corrected chi connectivity index (χ3v) is 4.36. The van der Waals surface area contributed by atoms with Gasteiger partial charge < -0.3 is 5.32 Å². The predicted octanol–water partition coefficient (Wildman–Crippen LogP) is 4.09. The topological polar surface area (TPSA) is 96.6 Å². The number of carbonyl (C=O) groups excluding carboxylic acids is 1. The molecule has 0 aromatic heterocycles. The maximum Gasteiger partial charge on any atom is 0.269 e. The van der Waals surface area contributed by atoms with Crippen LogP contribution in [0, 0.1) is 10.1 Å². The SMILES string of the molecule is C/C(=N\NC(=O)[C@H](C)Nc1ccc2ccccc2c1)c1ccc([N+](=O)[O-])cc1. The van der Waals surface area contributed by atoms with Gasteiger partial charge in [0.15, 0.2) is 0 Å². The zero-order chi connectivity index (χ0) is 20.1. The van der Waals surface area contributed by atoms with Gasteiger partial charge in [0, 0.05) is 17.8 Å². The van der Waals surface area contributed by atoms with Crippen molar-refractivity contribution in [3.8, 4) is 0 Å². The summed E-state index contributed by atoms with van der Waals surface area (Å²) >= 11 is 0. The highest BCUT2D eigenvalue weighted by molar-refractivity contribution is 5.99. The minimum Gasteiger partial charge on any atom is -0.374 e. The Morgan fingerprint density at radius 1 is 1.04 bits per heavy atom. The lowest BCUT2D eigenvalue weighted by atomic mass is 10.1. The summed E-state index contributed by atoms with van der Waals surface area (Å²) in [6.07, 6.45) is 0. The second-order valence-electron chi connectivity index (χ2n) is 6.41. The monoisotopic (exact) mass is 376 g/mol. The standard InChI is InChI=1S/C21H20N4O3/c1-14(16-8-11-20(12-9-16)25(27)28)23-24-21(26)15(2)22-19-10-7-17-5-3-4-6-18(17)13-19/h3-13,15,22H,1-2H3,(H,24,26)/b23-14+/t15-/m0/s1. The Morgan fingerprint density at radius 3 is 2.39 bits per heavy atom. The zero-order valence-electron chi connectivity index (χ0n) is 15.5. The zero-order valence-corrected chi connectivity index (χ0v) is 15.5. The molecule has 3 rings (SSSR count). The Morgan fingerprint density at radius 2 is 1.71 bits per heavy atom. The lowest BCUT2D eigenvalue weighted by Gasteiger charge is -2.14. The van der Waals surface area contributed by atoms with Crippen molar-refractivity contribution in [2.75, 3.05) is 5.32 Å². The Labute approximate surface area is 162 Å². The molecule has 7 nitrogen and oxygen atoms in total. The molecule has 0 spiro atoms. The molecule has 1 amide bonds. The van der Waals surface area contributed by atoms with Crippen LogP contribution in [-0.4, -0.2) is 22.6 Å². The molecule has 1 atom stereocenters. The lowest BCUT2D eigenvalue weighted by Crippen LogP contribution is -2.35. The molecule has 3 aromatic rings. The minimum absolute atomic E-state index is 0.00814. The number of fused-ring (bicyclic) bond motifs is 1. The van der Waals surface area contributed by atoms with Crippen molar-refractivity contribution < 1.29 is 9.72 Å². The van der Waals surface area contributed by atoms with Crippen LogP contribution >= 0.6 is 0 Å². The largest absolute Gasteiger partial charge is 0.374 e. The summed E-state index contributed by atoms with van der Waals surface area (Å²) in [5.74, 6) is -0.283. The molecule has 0 aliphatic carbocycles. The van der Waals surface area contributed by atoms with Crippen LogP contribution in [0.1, 0.15) is 19.4 Å². The molecule has 0 bridgehead atoms. The number of nitrogens with one attached hydrogen (secondary N) is 2. The van der Waals surface area contributed by atoms with E-state index in [1.54, 1.807) is 26.0 Å². The second kappa shape index (κ2) is 8.30. The predicted molar refractivity (Wildman–Crippen MR) is 110 cm³/mol. The average molecular weight is 376 g/mol. The quantitative estimate of drug-likeness (QED) is 0.385. The number of hydrogen-bond donors (Lipinski definition) is 2. The van der Waals surface area contributed by atoms with Crippen molar-refractivity contribution in [2.45, 2.75) is 19.9 Å². The van der Waals surface area contributed by atoms with Gasteiger partial charge in [0.1, 0.15) is 6.04 Å². The summed E-state index contributed by atoms with van der Waals surface area (Å²) in [7, 11) is 0. The minimum atomic E-state index is -0.491. The van der Waals surface area contributed by atoms with Crippen LogP contribution in [0.25, 0.3) is 10.8 Å². The van der Waals surface area contributed by atoms with Gasteiger partial charge in [-0.3, -0.25) is 14.9 Å². The van der Waals surface area contributed by atoms with E-state index in [0.717, 1.165) is 16.5 Å². The molecule has 0 heterocycles. The van der Waals surface area contributed by atoms with Crippen LogP contribution < -0.4 is 10.7 Å². The van der Waals surface area contributed by atoms with E-state index in [0.29, 0.717) is 11.3 Å². The van der Waals surface area contributed by atoms with Gasteiger partial charge in [-0.15, -0.1) is 0 Å². The van der Waals surface area contributed by atoms with Gasteiger partial charge >= 0.3 is 0 Å². The Hall–Kier alpha value is -3.74. The smallest absolute Gasteiger partial charge is 0.269 e. The van der Waals surface area contributed by atoms with Gasteiger partial charge in [-0.2, -0.15) is 5.10 Å². The van der Waals surface area contributed by atoms with Crippen molar-refractivity contribution in [1.82, 2.24) is 5.43 Å². The number of hydrogen-bond acceptors (Lipinski definition) is 5. The molecule has 0 saturated carbocycles. The van der Waals surface area contributed by atoms with E-state index < -0.39 is 11.0 Å². The summed E-state index contributed by atoms with van der Waals surface area (Å²) in [5, 5.41) is 20.2. The second-order valence-corrected chi connectivity index (χ2v) is 6.41. The van der Waals surface area contributed by atoms with Gasteiger partial charge in [-0.25, -0.2) is 5.43 Å². The summed E-state index contributed by atoms with van der Waals surface area (Å²) in [6.45, 7) is 3.48. The van der Waals surface area contributed by atoms with Crippen LogP contribution in [0.2, 0.25) is 0 Å². The highest BCUT2D eigenvalue weighted by Gasteiger charge is 2.12. The van der Waals surface area contributed by atoms with Gasteiger partial charge in [-0.05, 0) is 54.4 Å². The molecule has 0 saturated heterocycles. The van der Waals surface area contributed by atoms with E-state index in [1.807, 2.05) is 42.5 Å². The van der Waals surface area contributed by atoms with Crippen LogP contribution in [0.4, 0.5) is 11.4 Å². The van der Waals surface area contributed by atoms with Gasteiger partial charge in [0.05, 0.1) is 10.6 Å². The van der Waals surface area contributed by atoms with Gasteiger partial charge in [0.25, 0.3) is 11.6 Å². The molecular formula is C21H20N4O3. The Bertz CT molecular complexity index is 1040. The molecule has 7 heteroatoms. The first-order valence-electron chi connectivity index (χ1n) is 8.78. The van der Waals surface area contributed by atoms with Crippen LogP contribution in [0.3, 0.4) is 0 Å². The summed E-state index contributed by atoms with van der Waals surface area (Å²) in [5.41, 5.74) is 4.63. The normalized spacial score (nSPS) is 12.4. The first-order chi connectivity index (χ1) is 13.4. The molecule has 0 unspecified atom stereocenters. The van der Waals surface area contributed by atoms with Crippen molar-refractivity contribution in [1.29, 1.82) is 0 Å². The fourth-order valence-electron chi connectivity index (χ4n) is 2.72. The number of amides is 1. The maximum atomic E-state index is 12.3. The molecule has 0 aliphatic heterocycles. The van der Waals surface area contributed by atoms with Crippen LogP contribution in [0.15, 0.2) is 71.8 Å². The van der Waals surface area contributed by atoms with Gasteiger partial charge in [0.2, 0.25) is 0 Å². The van der Waals surface area contributed by atoms with E-state index in [9.17, 15) is 14.9 Å². The molecule has 3 aromatic carbocycles. The third kappa shape index (κ3) is 4.50. The van der Waals surface area contributed by atoms with Crippen molar-refractivity contribution in [3.05, 3.63) is 82.4 Å². The van der Waals surface area contributed by atoms with E-state index in [4.69, 9.17) is 0 Å². The van der Waals surface area contributed by atoms with E-state index in [2.05, 4.69) is 15.8 Å². The number of carbonyl (C=O) groups is 1. The van der Waals surface area contributed by atoms with Gasteiger partial charge in [-0.1, -0.05) is 30.3 Å². The molecule has 2 N–H and O–H groups in total. The highest BCUT2D eigenvalue weighted by atomic mass is 16.6. The molecule has 0 radical (unpaired) electrons. The molecule has 0 fully saturated rings. The highest BCUT2D eigenvalue weighted by Crippen LogP contribution is 2.19. The molecule has 142 valence electrons. The molecule has 0 aliphatic rings. The number of nitro groups is 1. The number of nitro benzene ring substituents is 1. The Balaban J connectivity index is 1.62. The number of benzene rings is 3. The Kier molecular flexibility index (Phi) is 5.64. The van der Waals surface area contributed by atoms with Crippen molar-refractivity contribution >= 4 is 33.8 Å².